The van der Waals surface area contributed by atoms with Crippen LogP contribution in [-0.4, -0.2) is 26.4 Å². The number of thiazole rings is 1. The Kier molecular flexibility index (Phi) is 6.50. The van der Waals surface area contributed by atoms with E-state index in [1.54, 1.807) is 61.0 Å². The van der Waals surface area contributed by atoms with Gasteiger partial charge in [0.25, 0.3) is 10.0 Å². The van der Waals surface area contributed by atoms with E-state index in [9.17, 15) is 13.2 Å². The number of carbonyl (C=O) groups excluding carboxylic acids is 1. The summed E-state index contributed by atoms with van der Waals surface area (Å²) in [6.45, 7) is 1.89. The lowest BCUT2D eigenvalue weighted by Crippen LogP contribution is -2.13. The van der Waals surface area contributed by atoms with Crippen LogP contribution in [0.3, 0.4) is 0 Å². The standard InChI is InChI=1S/C20H21N3O4S2/c1-14-3-10-18(11-4-14)29(25,26)23-20-22-16(13-28-20)7-12-19(24)21-15-5-8-17(27-2)9-6-15/h3-6,8-11,13H,7,12H2,1-2H3,(H,21,24)(H,22,23). The Balaban J connectivity index is 1.54. The molecule has 1 amide bonds. The van der Waals surface area contributed by atoms with Crippen LogP contribution >= 0.6 is 11.3 Å². The molecule has 0 aliphatic rings. The third-order valence-corrected chi connectivity index (χ3v) is 6.38. The molecule has 9 heteroatoms. The highest BCUT2D eigenvalue weighted by Crippen LogP contribution is 2.21. The van der Waals surface area contributed by atoms with Gasteiger partial charge >= 0.3 is 0 Å². The maximum atomic E-state index is 12.4. The quantitative estimate of drug-likeness (QED) is 0.565. The molecule has 0 saturated carbocycles. The van der Waals surface area contributed by atoms with Crippen molar-refractivity contribution in [2.24, 2.45) is 0 Å². The zero-order valence-corrected chi connectivity index (χ0v) is 17.6. The summed E-state index contributed by atoms with van der Waals surface area (Å²) < 4.78 is 32.4. The van der Waals surface area contributed by atoms with Gasteiger partial charge in [-0.25, -0.2) is 13.4 Å². The number of nitrogens with one attached hydrogen (secondary N) is 2. The lowest BCUT2D eigenvalue weighted by atomic mass is 10.2. The van der Waals surface area contributed by atoms with Crippen molar-refractivity contribution >= 4 is 38.1 Å². The van der Waals surface area contributed by atoms with Gasteiger partial charge in [0.2, 0.25) is 5.91 Å². The molecule has 3 rings (SSSR count). The van der Waals surface area contributed by atoms with E-state index in [4.69, 9.17) is 4.74 Å². The van der Waals surface area contributed by atoms with Crippen LogP contribution in [-0.2, 0) is 21.2 Å². The van der Waals surface area contributed by atoms with Crippen molar-refractivity contribution in [1.82, 2.24) is 4.98 Å². The molecule has 0 atom stereocenters. The zero-order chi connectivity index (χ0) is 20.9. The summed E-state index contributed by atoms with van der Waals surface area (Å²) in [5.74, 6) is 0.566. The molecule has 1 heterocycles. The van der Waals surface area contributed by atoms with Gasteiger partial charge in [-0.1, -0.05) is 17.7 Å². The van der Waals surface area contributed by atoms with Crippen LogP contribution in [0.15, 0.2) is 58.8 Å². The van der Waals surface area contributed by atoms with Crippen molar-refractivity contribution in [1.29, 1.82) is 0 Å². The Morgan fingerprint density at radius 2 is 1.79 bits per heavy atom. The normalized spacial score (nSPS) is 11.1. The lowest BCUT2D eigenvalue weighted by molar-refractivity contribution is -0.116. The van der Waals surface area contributed by atoms with Crippen LogP contribution < -0.4 is 14.8 Å². The molecule has 0 aliphatic carbocycles. The number of methoxy groups -OCH3 is 1. The van der Waals surface area contributed by atoms with E-state index in [2.05, 4.69) is 15.0 Å². The van der Waals surface area contributed by atoms with Gasteiger partial charge in [-0.3, -0.25) is 9.52 Å². The van der Waals surface area contributed by atoms with Crippen molar-refractivity contribution < 1.29 is 17.9 Å². The Bertz CT molecular complexity index is 1080. The molecule has 0 fully saturated rings. The van der Waals surface area contributed by atoms with E-state index in [0.29, 0.717) is 23.6 Å². The first-order valence-electron chi connectivity index (χ1n) is 8.83. The Labute approximate surface area is 173 Å². The number of aryl methyl sites for hydroxylation is 2. The summed E-state index contributed by atoms with van der Waals surface area (Å²) in [5, 5.41) is 4.82. The molecule has 0 saturated heterocycles. The largest absolute Gasteiger partial charge is 0.497 e. The molecular formula is C20H21N3O4S2. The minimum Gasteiger partial charge on any atom is -0.497 e. The highest BCUT2D eigenvalue weighted by atomic mass is 32.2. The van der Waals surface area contributed by atoms with Crippen LogP contribution in [0.5, 0.6) is 5.75 Å². The summed E-state index contributed by atoms with van der Waals surface area (Å²) in [6.07, 6.45) is 0.644. The van der Waals surface area contributed by atoms with Crippen molar-refractivity contribution in [3.8, 4) is 5.75 Å². The molecule has 0 radical (unpaired) electrons. The fourth-order valence-corrected chi connectivity index (χ4v) is 4.50. The monoisotopic (exact) mass is 431 g/mol. The Hall–Kier alpha value is -2.91. The van der Waals surface area contributed by atoms with Gasteiger partial charge in [-0.05, 0) is 49.7 Å². The number of rotatable bonds is 8. The molecule has 0 aliphatic heterocycles. The molecule has 3 aromatic rings. The van der Waals surface area contributed by atoms with Crippen molar-refractivity contribution in [3.05, 3.63) is 65.2 Å². The fraction of sp³-hybridized carbons (Fsp3) is 0.200. The molecule has 1 aromatic heterocycles. The van der Waals surface area contributed by atoms with E-state index in [1.165, 1.54) is 11.3 Å². The molecule has 0 unspecified atom stereocenters. The third-order valence-electron chi connectivity index (χ3n) is 4.09. The second-order valence-corrected chi connectivity index (χ2v) is 8.88. The van der Waals surface area contributed by atoms with Gasteiger partial charge in [0, 0.05) is 17.5 Å². The summed E-state index contributed by atoms with van der Waals surface area (Å²) in [4.78, 5) is 16.6. The van der Waals surface area contributed by atoms with E-state index in [0.717, 1.165) is 5.56 Å². The zero-order valence-electron chi connectivity index (χ0n) is 16.0. The van der Waals surface area contributed by atoms with E-state index >= 15 is 0 Å². The number of aromatic nitrogens is 1. The van der Waals surface area contributed by atoms with Crippen LogP contribution in [0.25, 0.3) is 0 Å². The average Bonchev–Trinajstić information content (AvgIpc) is 3.14. The first-order chi connectivity index (χ1) is 13.9. The smallest absolute Gasteiger partial charge is 0.263 e. The number of anilines is 2. The van der Waals surface area contributed by atoms with Gasteiger partial charge in [0.1, 0.15) is 5.75 Å². The molecule has 0 bridgehead atoms. The second kappa shape index (κ2) is 9.06. The molecule has 2 aromatic carbocycles. The molecule has 0 spiro atoms. The van der Waals surface area contributed by atoms with E-state index < -0.39 is 10.0 Å². The van der Waals surface area contributed by atoms with E-state index in [1.807, 2.05) is 6.92 Å². The Morgan fingerprint density at radius 1 is 1.10 bits per heavy atom. The van der Waals surface area contributed by atoms with Crippen LogP contribution in [0, 0.1) is 6.92 Å². The lowest BCUT2D eigenvalue weighted by Gasteiger charge is -2.06. The summed E-state index contributed by atoms with van der Waals surface area (Å²) >= 11 is 1.19. The average molecular weight is 432 g/mol. The number of sulfonamides is 1. The van der Waals surface area contributed by atoms with Gasteiger partial charge in [0.15, 0.2) is 5.13 Å². The van der Waals surface area contributed by atoms with Gasteiger partial charge < -0.3 is 10.1 Å². The molecule has 7 nitrogen and oxygen atoms in total. The van der Waals surface area contributed by atoms with Crippen LogP contribution in [0.1, 0.15) is 17.7 Å². The number of amides is 1. The maximum absolute atomic E-state index is 12.4. The number of hydrogen-bond donors (Lipinski definition) is 2. The molecular weight excluding hydrogens is 410 g/mol. The molecule has 29 heavy (non-hydrogen) atoms. The number of hydrogen-bond acceptors (Lipinski definition) is 6. The fourth-order valence-electron chi connectivity index (χ4n) is 2.50. The maximum Gasteiger partial charge on any atom is 0.263 e. The van der Waals surface area contributed by atoms with Crippen molar-refractivity contribution in [3.63, 3.8) is 0 Å². The second-order valence-electron chi connectivity index (χ2n) is 6.34. The topological polar surface area (TPSA) is 97.4 Å². The minimum atomic E-state index is -3.69. The highest BCUT2D eigenvalue weighted by Gasteiger charge is 2.16. The minimum absolute atomic E-state index is 0.148. The third kappa shape index (κ3) is 5.78. The van der Waals surface area contributed by atoms with Crippen molar-refractivity contribution in [2.45, 2.75) is 24.7 Å². The predicted octanol–water partition coefficient (Wildman–Crippen LogP) is 3.83. The Morgan fingerprint density at radius 3 is 2.45 bits per heavy atom. The highest BCUT2D eigenvalue weighted by molar-refractivity contribution is 7.93. The SMILES string of the molecule is COc1ccc(NC(=O)CCc2csc(NS(=O)(=O)c3ccc(C)cc3)n2)cc1. The number of benzene rings is 2. The molecule has 152 valence electrons. The van der Waals surface area contributed by atoms with Gasteiger partial charge in [0.05, 0.1) is 17.7 Å². The number of nitrogens with zero attached hydrogens (tertiary/aromatic N) is 1. The number of ether oxygens (including phenoxy) is 1. The first kappa shape index (κ1) is 20.8. The van der Waals surface area contributed by atoms with Crippen molar-refractivity contribution in [2.75, 3.05) is 17.1 Å². The van der Waals surface area contributed by atoms with Crippen LogP contribution in [0.4, 0.5) is 10.8 Å². The summed E-state index contributed by atoms with van der Waals surface area (Å²) in [6, 6.07) is 13.6. The number of carbonyl (C=O) groups is 1. The first-order valence-corrected chi connectivity index (χ1v) is 11.2. The van der Waals surface area contributed by atoms with Crippen LogP contribution in [0.2, 0.25) is 0 Å². The predicted molar refractivity (Wildman–Crippen MR) is 114 cm³/mol. The molecule has 2 N–H and O–H groups in total. The van der Waals surface area contributed by atoms with E-state index in [-0.39, 0.29) is 22.4 Å². The summed E-state index contributed by atoms with van der Waals surface area (Å²) in [7, 11) is -2.11. The summed E-state index contributed by atoms with van der Waals surface area (Å²) in [5.41, 5.74) is 2.32. The van der Waals surface area contributed by atoms with Gasteiger partial charge in [-0.2, -0.15) is 0 Å². The van der Waals surface area contributed by atoms with Gasteiger partial charge in [-0.15, -0.1) is 11.3 Å².